The van der Waals surface area contributed by atoms with Crippen molar-refractivity contribution >= 4 is 45.2 Å². The van der Waals surface area contributed by atoms with Gasteiger partial charge >= 0.3 is 0 Å². The van der Waals surface area contributed by atoms with Crippen molar-refractivity contribution in [3.05, 3.63) is 77.5 Å². The average Bonchev–Trinajstić information content (AvgIpc) is 3.14. The molecule has 0 amide bonds. The van der Waals surface area contributed by atoms with E-state index in [1.54, 1.807) is 10.8 Å². The predicted molar refractivity (Wildman–Crippen MR) is 124 cm³/mol. The quantitative estimate of drug-likeness (QED) is 0.394. The largest absolute Gasteiger partial charge is 0.489 e. The Morgan fingerprint density at radius 2 is 1.97 bits per heavy atom. The molecule has 3 heterocycles. The van der Waals surface area contributed by atoms with Gasteiger partial charge in [-0.05, 0) is 48.0 Å². The summed E-state index contributed by atoms with van der Waals surface area (Å²) in [5.41, 5.74) is 8.44. The molecule has 32 heavy (non-hydrogen) atoms. The zero-order valence-corrected chi connectivity index (χ0v) is 17.8. The Balaban J connectivity index is 1.45. The Morgan fingerprint density at radius 3 is 2.81 bits per heavy atom. The highest BCUT2D eigenvalue weighted by Gasteiger charge is 2.14. The van der Waals surface area contributed by atoms with Gasteiger partial charge in [0.25, 0.3) is 0 Å². The van der Waals surface area contributed by atoms with E-state index in [1.165, 1.54) is 18.5 Å². The summed E-state index contributed by atoms with van der Waals surface area (Å²) in [6.07, 6.45) is 2.99. The lowest BCUT2D eigenvalue weighted by Crippen LogP contribution is -2.01. The molecule has 0 atom stereocenters. The Kier molecular flexibility index (Phi) is 4.99. The lowest BCUT2D eigenvalue weighted by Gasteiger charge is -2.11. The maximum absolute atomic E-state index is 14.4. The molecule has 3 aromatic heterocycles. The number of nitrogens with one attached hydrogen (secondary N) is 1. The number of hydrogen-bond acceptors (Lipinski definition) is 6. The summed E-state index contributed by atoms with van der Waals surface area (Å²) in [4.78, 5) is 12.8. The molecule has 0 bridgehead atoms. The summed E-state index contributed by atoms with van der Waals surface area (Å²) in [5.74, 6) is 1.27. The van der Waals surface area contributed by atoms with Crippen molar-refractivity contribution in [2.24, 2.45) is 0 Å². The topological polar surface area (TPSA) is 90.9 Å². The maximum Gasteiger partial charge on any atom is 0.151 e. The van der Waals surface area contributed by atoms with Crippen LogP contribution in [0.1, 0.15) is 5.56 Å². The van der Waals surface area contributed by atoms with E-state index in [0.29, 0.717) is 33.1 Å². The van der Waals surface area contributed by atoms with Crippen LogP contribution < -0.4 is 15.8 Å². The summed E-state index contributed by atoms with van der Waals surface area (Å²) < 4.78 is 22.0. The number of ether oxygens (including phenoxy) is 1. The van der Waals surface area contributed by atoms with Crippen LogP contribution in [0.3, 0.4) is 0 Å². The summed E-state index contributed by atoms with van der Waals surface area (Å²) in [6.45, 7) is 0.173. The van der Waals surface area contributed by atoms with Crippen LogP contribution in [0, 0.1) is 5.82 Å². The Labute approximate surface area is 187 Å². The van der Waals surface area contributed by atoms with Gasteiger partial charge in [0.05, 0.1) is 21.6 Å². The fraction of sp³-hybridized carbons (Fsp3) is 0.0870. The number of nitrogens with two attached hydrogens (primary N) is 1. The lowest BCUT2D eigenvalue weighted by atomic mass is 10.2. The normalized spacial score (nSPS) is 11.2. The van der Waals surface area contributed by atoms with Crippen molar-refractivity contribution in [3.8, 4) is 11.4 Å². The molecule has 0 saturated heterocycles. The van der Waals surface area contributed by atoms with Gasteiger partial charge in [0.1, 0.15) is 36.1 Å². The molecule has 0 radical (unpaired) electrons. The fourth-order valence-corrected chi connectivity index (χ4v) is 3.86. The molecule has 0 aliphatic heterocycles. The van der Waals surface area contributed by atoms with Crippen LogP contribution in [0.5, 0.6) is 5.75 Å². The van der Waals surface area contributed by atoms with E-state index in [-0.39, 0.29) is 12.4 Å². The molecule has 5 aromatic rings. The van der Waals surface area contributed by atoms with Gasteiger partial charge in [-0.25, -0.2) is 19.3 Å². The van der Waals surface area contributed by atoms with Crippen LogP contribution in [0.2, 0.25) is 5.02 Å². The van der Waals surface area contributed by atoms with Crippen LogP contribution in [0.15, 0.2) is 61.1 Å². The number of aromatic nitrogens is 4. The zero-order chi connectivity index (χ0) is 22.2. The third kappa shape index (κ3) is 3.65. The Hall–Kier alpha value is -3.91. The highest BCUT2D eigenvalue weighted by atomic mass is 35.5. The van der Waals surface area contributed by atoms with Gasteiger partial charge in [-0.1, -0.05) is 11.6 Å². The average molecular weight is 449 g/mol. The van der Waals surface area contributed by atoms with Gasteiger partial charge in [-0.2, -0.15) is 0 Å². The SMILES string of the molecule is CNc1ccc2ccc(OCc3cc(F)cc(-n4cc(Cl)c5c(N)ncnc54)c3)cc2n1. The number of nitrogen functional groups attached to an aromatic ring is 1. The molecular formula is C23H18ClFN6O. The molecule has 160 valence electrons. The van der Waals surface area contributed by atoms with E-state index in [4.69, 9.17) is 22.1 Å². The first-order valence-electron chi connectivity index (χ1n) is 9.80. The number of fused-ring (bicyclic) bond motifs is 2. The first-order chi connectivity index (χ1) is 15.5. The van der Waals surface area contributed by atoms with Gasteiger partial charge < -0.3 is 15.8 Å². The van der Waals surface area contributed by atoms with E-state index < -0.39 is 5.82 Å². The van der Waals surface area contributed by atoms with E-state index >= 15 is 0 Å². The van der Waals surface area contributed by atoms with Crippen molar-refractivity contribution < 1.29 is 9.13 Å². The van der Waals surface area contributed by atoms with Gasteiger partial charge in [-0.15, -0.1) is 0 Å². The second kappa shape index (κ2) is 7.97. The Bertz CT molecular complexity index is 1470. The maximum atomic E-state index is 14.4. The molecule has 7 nitrogen and oxygen atoms in total. The first kappa shape index (κ1) is 20.0. The predicted octanol–water partition coefficient (Wildman–Crippen LogP) is 4.96. The molecule has 0 aliphatic carbocycles. The smallest absolute Gasteiger partial charge is 0.151 e. The fourth-order valence-electron chi connectivity index (χ4n) is 3.59. The van der Waals surface area contributed by atoms with Crippen LogP contribution in [-0.2, 0) is 6.61 Å². The van der Waals surface area contributed by atoms with Crippen molar-refractivity contribution in [2.45, 2.75) is 6.61 Å². The summed E-state index contributed by atoms with van der Waals surface area (Å²) in [5, 5.41) is 4.94. The highest BCUT2D eigenvalue weighted by molar-refractivity contribution is 6.36. The molecule has 0 fully saturated rings. The minimum atomic E-state index is -0.403. The lowest BCUT2D eigenvalue weighted by molar-refractivity contribution is 0.306. The summed E-state index contributed by atoms with van der Waals surface area (Å²) in [7, 11) is 1.82. The third-order valence-corrected chi connectivity index (χ3v) is 5.40. The number of hydrogen-bond donors (Lipinski definition) is 2. The number of nitrogens with zero attached hydrogens (tertiary/aromatic N) is 4. The molecule has 9 heteroatoms. The van der Waals surface area contributed by atoms with Gasteiger partial charge in [0.2, 0.25) is 0 Å². The summed E-state index contributed by atoms with van der Waals surface area (Å²) in [6, 6.07) is 14.2. The van der Waals surface area contributed by atoms with E-state index in [0.717, 1.165) is 16.7 Å². The molecule has 5 rings (SSSR count). The number of anilines is 2. The van der Waals surface area contributed by atoms with Gasteiger partial charge in [-0.3, -0.25) is 4.57 Å². The van der Waals surface area contributed by atoms with E-state index in [9.17, 15) is 4.39 Å². The van der Waals surface area contributed by atoms with Crippen LogP contribution in [0.4, 0.5) is 16.0 Å². The minimum Gasteiger partial charge on any atom is -0.489 e. The van der Waals surface area contributed by atoms with Crippen molar-refractivity contribution in [1.82, 2.24) is 19.5 Å². The summed E-state index contributed by atoms with van der Waals surface area (Å²) >= 11 is 6.31. The standard InChI is InChI=1S/C23H18ClFN6O/c1-27-20-5-3-14-2-4-17(9-19(14)30-20)32-11-13-6-15(25)8-16(7-13)31-10-18(24)21-22(26)28-12-29-23(21)31/h2-10,12H,11H2,1H3,(H,27,30)(H2,26,28,29). The number of halogens is 2. The minimum absolute atomic E-state index is 0.173. The molecule has 0 saturated carbocycles. The van der Waals surface area contributed by atoms with Gasteiger partial charge in [0.15, 0.2) is 5.65 Å². The first-order valence-corrected chi connectivity index (χ1v) is 10.2. The van der Waals surface area contributed by atoms with Crippen molar-refractivity contribution in [2.75, 3.05) is 18.1 Å². The molecule has 2 aromatic carbocycles. The van der Waals surface area contributed by atoms with Crippen LogP contribution in [-0.4, -0.2) is 26.6 Å². The Morgan fingerprint density at radius 1 is 1.12 bits per heavy atom. The highest BCUT2D eigenvalue weighted by Crippen LogP contribution is 2.31. The van der Waals surface area contributed by atoms with E-state index in [1.807, 2.05) is 43.4 Å². The molecule has 0 unspecified atom stereocenters. The molecular weight excluding hydrogens is 431 g/mol. The number of rotatable bonds is 5. The van der Waals surface area contributed by atoms with Crippen molar-refractivity contribution in [1.29, 1.82) is 0 Å². The second-order valence-corrected chi connectivity index (χ2v) is 7.62. The van der Waals surface area contributed by atoms with Crippen LogP contribution >= 0.6 is 11.6 Å². The van der Waals surface area contributed by atoms with Crippen molar-refractivity contribution in [3.63, 3.8) is 0 Å². The number of pyridine rings is 1. The second-order valence-electron chi connectivity index (χ2n) is 7.21. The monoisotopic (exact) mass is 448 g/mol. The zero-order valence-electron chi connectivity index (χ0n) is 17.0. The van der Waals surface area contributed by atoms with Gasteiger partial charge in [0, 0.05) is 24.7 Å². The van der Waals surface area contributed by atoms with E-state index in [2.05, 4.69) is 20.3 Å². The number of benzene rings is 2. The third-order valence-electron chi connectivity index (χ3n) is 5.11. The molecule has 0 spiro atoms. The van der Waals surface area contributed by atoms with Crippen LogP contribution in [0.25, 0.3) is 27.6 Å². The molecule has 0 aliphatic rings. The molecule has 3 N–H and O–H groups in total.